The lowest BCUT2D eigenvalue weighted by Gasteiger charge is -2.32. The molecule has 0 aromatic carbocycles. The summed E-state index contributed by atoms with van der Waals surface area (Å²) >= 11 is 1.85. The van der Waals surface area contributed by atoms with Crippen molar-refractivity contribution in [2.45, 2.75) is 5.37 Å². The fourth-order valence-electron chi connectivity index (χ4n) is 0.998. The molecule has 43 valence electrons. The van der Waals surface area contributed by atoms with Gasteiger partial charge < -0.3 is 4.90 Å². The van der Waals surface area contributed by atoms with E-state index in [1.54, 1.807) is 6.42 Å². The van der Waals surface area contributed by atoms with Crippen molar-refractivity contribution < 1.29 is 4.79 Å². The van der Waals surface area contributed by atoms with Gasteiger partial charge in [0.15, 0.2) is 0 Å². The Morgan fingerprint density at radius 3 is 3.25 bits per heavy atom. The van der Waals surface area contributed by atoms with E-state index >= 15 is 0 Å². The Balaban J connectivity index is 2.11. The molecule has 8 heavy (non-hydrogen) atoms. The second-order valence-corrected chi connectivity index (χ2v) is 3.18. The summed E-state index contributed by atoms with van der Waals surface area (Å²) in [6, 6.07) is 0. The van der Waals surface area contributed by atoms with E-state index in [9.17, 15) is 4.79 Å². The molecular weight excluding hydrogens is 122 g/mol. The molecule has 0 spiro atoms. The average Bonchev–Trinajstić information content (AvgIpc) is 2.09. The number of fused-ring (bicyclic) bond motifs is 1. The summed E-state index contributed by atoms with van der Waals surface area (Å²) in [6.07, 6.45) is 1.78. The normalized spacial score (nSPS) is 34.8. The van der Waals surface area contributed by atoms with Crippen molar-refractivity contribution >= 4 is 17.7 Å². The van der Waals surface area contributed by atoms with E-state index in [1.165, 1.54) is 0 Å². The van der Waals surface area contributed by atoms with Gasteiger partial charge in [-0.15, -0.1) is 11.8 Å². The zero-order valence-corrected chi connectivity index (χ0v) is 5.15. The fraction of sp³-hybridized carbons (Fsp3) is 0.600. The van der Waals surface area contributed by atoms with Crippen LogP contribution >= 0.6 is 11.8 Å². The van der Waals surface area contributed by atoms with Gasteiger partial charge in [0.05, 0.1) is 11.8 Å². The lowest BCUT2D eigenvalue weighted by Crippen LogP contribution is -2.47. The molecular formula is C5H6NOS. The Hall–Kier alpha value is -0.180. The molecule has 2 heterocycles. The number of thioether (sulfide) groups is 1. The van der Waals surface area contributed by atoms with Crippen molar-refractivity contribution in [2.75, 3.05) is 12.3 Å². The van der Waals surface area contributed by atoms with Crippen molar-refractivity contribution in [2.24, 2.45) is 0 Å². The second kappa shape index (κ2) is 1.41. The summed E-state index contributed by atoms with van der Waals surface area (Å²) in [5.41, 5.74) is 0. The average molecular weight is 128 g/mol. The Labute approximate surface area is 52.2 Å². The molecule has 2 fully saturated rings. The van der Waals surface area contributed by atoms with Crippen LogP contribution in [0.25, 0.3) is 0 Å². The number of hydrogen-bond donors (Lipinski definition) is 0. The van der Waals surface area contributed by atoms with Crippen molar-refractivity contribution in [1.82, 2.24) is 4.90 Å². The predicted molar refractivity (Wildman–Crippen MR) is 32.3 cm³/mol. The van der Waals surface area contributed by atoms with Gasteiger partial charge in [0, 0.05) is 12.3 Å². The molecule has 3 heteroatoms. The van der Waals surface area contributed by atoms with Crippen molar-refractivity contribution in [3.05, 3.63) is 6.42 Å². The number of carbonyl (C=O) groups excluding carboxylic acids is 1. The molecule has 0 bridgehead atoms. The summed E-state index contributed by atoms with van der Waals surface area (Å²) in [5, 5.41) is 0.447. The van der Waals surface area contributed by atoms with Gasteiger partial charge in [0.25, 0.3) is 0 Å². The number of carbonyl (C=O) groups is 1. The van der Waals surface area contributed by atoms with E-state index in [0.29, 0.717) is 5.37 Å². The maximum Gasteiger partial charge on any atom is 0.230 e. The summed E-state index contributed by atoms with van der Waals surface area (Å²) in [4.78, 5) is 12.5. The van der Waals surface area contributed by atoms with Crippen LogP contribution in [-0.4, -0.2) is 28.5 Å². The van der Waals surface area contributed by atoms with Crippen molar-refractivity contribution in [3.8, 4) is 0 Å². The first-order chi connectivity index (χ1) is 3.88. The lowest BCUT2D eigenvalue weighted by atomic mass is 10.2. The van der Waals surface area contributed by atoms with E-state index in [0.717, 1.165) is 12.3 Å². The van der Waals surface area contributed by atoms with Gasteiger partial charge in [-0.3, -0.25) is 4.79 Å². The van der Waals surface area contributed by atoms with E-state index < -0.39 is 0 Å². The van der Waals surface area contributed by atoms with Crippen LogP contribution in [-0.2, 0) is 4.79 Å². The number of rotatable bonds is 0. The van der Waals surface area contributed by atoms with Crippen LogP contribution in [0.5, 0.6) is 0 Å². The van der Waals surface area contributed by atoms with Crippen LogP contribution in [0, 0.1) is 6.42 Å². The Bertz CT molecular complexity index is 136. The lowest BCUT2D eigenvalue weighted by molar-refractivity contribution is -0.133. The number of hydrogen-bond acceptors (Lipinski definition) is 2. The number of amides is 1. The zero-order valence-electron chi connectivity index (χ0n) is 4.33. The molecule has 2 nitrogen and oxygen atoms in total. The van der Waals surface area contributed by atoms with E-state index in [2.05, 4.69) is 0 Å². The molecule has 1 amide bonds. The minimum atomic E-state index is 0.222. The van der Waals surface area contributed by atoms with Gasteiger partial charge in [-0.05, 0) is 0 Å². The first-order valence-electron chi connectivity index (χ1n) is 2.65. The highest BCUT2D eigenvalue weighted by molar-refractivity contribution is 8.00. The molecule has 0 aromatic rings. The molecule has 2 saturated heterocycles. The summed E-state index contributed by atoms with van der Waals surface area (Å²) in [7, 11) is 0. The molecule has 1 atom stereocenters. The smallest absolute Gasteiger partial charge is 0.230 e. The van der Waals surface area contributed by atoms with E-state index in [-0.39, 0.29) is 5.91 Å². The first kappa shape index (κ1) is 4.68. The Morgan fingerprint density at radius 1 is 1.88 bits per heavy atom. The van der Waals surface area contributed by atoms with Gasteiger partial charge in [-0.2, -0.15) is 0 Å². The number of nitrogens with zero attached hydrogens (tertiary/aromatic N) is 1. The minimum Gasteiger partial charge on any atom is -0.329 e. The molecule has 1 unspecified atom stereocenters. The van der Waals surface area contributed by atoms with Crippen molar-refractivity contribution in [1.29, 1.82) is 0 Å². The molecule has 2 aliphatic rings. The van der Waals surface area contributed by atoms with Crippen molar-refractivity contribution in [3.63, 3.8) is 0 Å². The molecule has 2 rings (SSSR count). The maximum absolute atomic E-state index is 10.6. The van der Waals surface area contributed by atoms with E-state index in [1.807, 2.05) is 16.7 Å². The predicted octanol–water partition coefficient (Wildman–Crippen LogP) is 0.106. The van der Waals surface area contributed by atoms with Gasteiger partial charge in [-0.1, -0.05) is 0 Å². The third-order valence-corrected chi connectivity index (χ3v) is 2.65. The SMILES string of the molecule is O=C1[CH]C2SCCN12. The van der Waals surface area contributed by atoms with Crippen LogP contribution in [0.2, 0.25) is 0 Å². The van der Waals surface area contributed by atoms with Crippen LogP contribution < -0.4 is 0 Å². The highest BCUT2D eigenvalue weighted by Gasteiger charge is 2.40. The highest BCUT2D eigenvalue weighted by Crippen LogP contribution is 2.33. The van der Waals surface area contributed by atoms with Crippen LogP contribution in [0.4, 0.5) is 0 Å². The van der Waals surface area contributed by atoms with Crippen LogP contribution in [0.1, 0.15) is 0 Å². The highest BCUT2D eigenvalue weighted by atomic mass is 32.2. The largest absolute Gasteiger partial charge is 0.329 e. The molecule has 2 aliphatic heterocycles. The summed E-state index contributed by atoms with van der Waals surface area (Å²) in [6.45, 7) is 0.963. The summed E-state index contributed by atoms with van der Waals surface area (Å²) in [5.74, 6) is 1.34. The Morgan fingerprint density at radius 2 is 2.75 bits per heavy atom. The summed E-state index contributed by atoms with van der Waals surface area (Å²) < 4.78 is 0. The quantitative estimate of drug-likeness (QED) is 0.431. The standard InChI is InChI=1S/C5H6NOS/c7-4-3-5-6(4)1-2-8-5/h3,5H,1-2H2. The third-order valence-electron chi connectivity index (χ3n) is 1.50. The minimum absolute atomic E-state index is 0.222. The van der Waals surface area contributed by atoms with Crippen LogP contribution in [0.15, 0.2) is 0 Å². The fourth-order valence-corrected chi connectivity index (χ4v) is 2.14. The van der Waals surface area contributed by atoms with E-state index in [4.69, 9.17) is 0 Å². The van der Waals surface area contributed by atoms with Crippen LogP contribution in [0.3, 0.4) is 0 Å². The monoisotopic (exact) mass is 128 g/mol. The number of β-lactam (4-membered cyclic amide) rings is 1. The Kier molecular flexibility index (Phi) is 0.821. The molecule has 0 aliphatic carbocycles. The maximum atomic E-state index is 10.6. The zero-order chi connectivity index (χ0) is 5.56. The molecule has 0 aromatic heterocycles. The molecule has 0 N–H and O–H groups in total. The van der Waals surface area contributed by atoms with Gasteiger partial charge in [-0.25, -0.2) is 0 Å². The van der Waals surface area contributed by atoms with Gasteiger partial charge >= 0.3 is 0 Å². The second-order valence-electron chi connectivity index (χ2n) is 1.96. The molecule has 1 radical (unpaired) electrons. The first-order valence-corrected chi connectivity index (χ1v) is 3.70. The molecule has 0 saturated carbocycles. The third kappa shape index (κ3) is 0.426. The van der Waals surface area contributed by atoms with Gasteiger partial charge in [0.1, 0.15) is 0 Å². The van der Waals surface area contributed by atoms with Gasteiger partial charge in [0.2, 0.25) is 5.91 Å². The topological polar surface area (TPSA) is 20.3 Å².